The van der Waals surface area contributed by atoms with Crippen LogP contribution in [0, 0.1) is 0 Å². The van der Waals surface area contributed by atoms with Crippen molar-refractivity contribution in [3.8, 4) is 0 Å². The maximum Gasteiger partial charge on any atom is 0.185 e. The fraction of sp³-hybridized carbons (Fsp3) is 0.875. The number of rotatable bonds is 7. The third-order valence-electron chi connectivity index (χ3n) is 1.82. The van der Waals surface area contributed by atoms with Gasteiger partial charge < -0.3 is 22.9 Å². The molecule has 1 atom stereocenters. The summed E-state index contributed by atoms with van der Waals surface area (Å²) in [7, 11) is 0. The van der Waals surface area contributed by atoms with Gasteiger partial charge in [-0.15, -0.1) is 0 Å². The molecule has 0 aliphatic carbocycles. The minimum Gasteiger partial charge on any atom is -0.370 e. The number of nitrogens with two attached hydrogens (primary N) is 4. The number of hydrogen-bond acceptors (Lipinski definition) is 4. The number of guanidine groups is 1. The van der Waals surface area contributed by atoms with E-state index in [1.54, 1.807) is 0 Å². The molecule has 0 aliphatic rings. The average Bonchev–Trinajstić information content (AvgIpc) is 2.09. The maximum atomic E-state index is 5.94. The predicted molar refractivity (Wildman–Crippen MR) is 59.6 cm³/mol. The van der Waals surface area contributed by atoms with Crippen LogP contribution in [0.25, 0.3) is 0 Å². The van der Waals surface area contributed by atoms with Gasteiger partial charge in [-0.2, -0.15) is 0 Å². The minimum atomic E-state index is -0.391. The first-order valence-corrected chi connectivity index (χ1v) is 4.77. The molecule has 6 heteroatoms. The highest BCUT2D eigenvalue weighted by Gasteiger charge is 2.15. The van der Waals surface area contributed by atoms with E-state index in [0.29, 0.717) is 13.1 Å². The SMILES string of the molecule is C[C@@](N)(CCCN=C(N)N)NCCN. The quantitative estimate of drug-likeness (QED) is 0.145. The first-order valence-electron chi connectivity index (χ1n) is 4.77. The van der Waals surface area contributed by atoms with Crippen molar-refractivity contribution in [2.75, 3.05) is 19.6 Å². The van der Waals surface area contributed by atoms with E-state index in [4.69, 9.17) is 22.9 Å². The van der Waals surface area contributed by atoms with Gasteiger partial charge in [0.05, 0.1) is 5.66 Å². The van der Waals surface area contributed by atoms with Crippen LogP contribution >= 0.6 is 0 Å². The highest BCUT2D eigenvalue weighted by Crippen LogP contribution is 2.04. The summed E-state index contributed by atoms with van der Waals surface area (Å²) < 4.78 is 0. The number of aliphatic imine (C=N–C) groups is 1. The third-order valence-corrected chi connectivity index (χ3v) is 1.82. The fourth-order valence-electron chi connectivity index (χ4n) is 1.10. The van der Waals surface area contributed by atoms with E-state index in [1.807, 2.05) is 6.92 Å². The zero-order valence-corrected chi connectivity index (χ0v) is 8.79. The molecule has 0 radical (unpaired) electrons. The summed E-state index contributed by atoms with van der Waals surface area (Å²) in [5, 5.41) is 3.14. The van der Waals surface area contributed by atoms with Crippen LogP contribution in [0.3, 0.4) is 0 Å². The summed E-state index contributed by atoms with van der Waals surface area (Å²) >= 11 is 0. The number of nitrogens with zero attached hydrogens (tertiary/aromatic N) is 1. The Morgan fingerprint density at radius 2 is 2.07 bits per heavy atom. The zero-order chi connectivity index (χ0) is 11.0. The molecule has 0 aromatic carbocycles. The van der Waals surface area contributed by atoms with Crippen LogP contribution in [0.15, 0.2) is 4.99 Å². The average molecular weight is 202 g/mol. The van der Waals surface area contributed by atoms with Crippen molar-refractivity contribution < 1.29 is 0 Å². The summed E-state index contributed by atoms with van der Waals surface area (Å²) in [6, 6.07) is 0. The highest BCUT2D eigenvalue weighted by molar-refractivity contribution is 5.75. The largest absolute Gasteiger partial charge is 0.370 e. The third kappa shape index (κ3) is 7.78. The summed E-state index contributed by atoms with van der Waals surface area (Å²) in [5.41, 5.74) is 21.3. The van der Waals surface area contributed by atoms with Crippen molar-refractivity contribution in [2.45, 2.75) is 25.4 Å². The Morgan fingerprint density at radius 3 is 2.57 bits per heavy atom. The van der Waals surface area contributed by atoms with Gasteiger partial charge in [-0.1, -0.05) is 0 Å². The van der Waals surface area contributed by atoms with Crippen molar-refractivity contribution >= 4 is 5.96 Å². The van der Waals surface area contributed by atoms with Gasteiger partial charge in [-0.05, 0) is 19.8 Å². The molecule has 0 bridgehead atoms. The molecule has 0 aromatic heterocycles. The van der Waals surface area contributed by atoms with Gasteiger partial charge in [0.1, 0.15) is 0 Å². The van der Waals surface area contributed by atoms with Gasteiger partial charge >= 0.3 is 0 Å². The van der Waals surface area contributed by atoms with Gasteiger partial charge in [0.2, 0.25) is 0 Å². The van der Waals surface area contributed by atoms with Crippen LogP contribution < -0.4 is 28.3 Å². The van der Waals surface area contributed by atoms with Crippen molar-refractivity contribution in [3.63, 3.8) is 0 Å². The molecule has 0 unspecified atom stereocenters. The Kier molecular flexibility index (Phi) is 6.18. The number of hydrogen-bond donors (Lipinski definition) is 5. The maximum absolute atomic E-state index is 5.94. The zero-order valence-electron chi connectivity index (χ0n) is 8.79. The molecule has 0 aliphatic heterocycles. The molecule has 0 aromatic rings. The number of nitrogens with one attached hydrogen (secondary N) is 1. The second kappa shape index (κ2) is 6.58. The van der Waals surface area contributed by atoms with Crippen molar-refractivity contribution in [2.24, 2.45) is 27.9 Å². The van der Waals surface area contributed by atoms with Gasteiger partial charge in [-0.25, -0.2) is 0 Å². The van der Waals surface area contributed by atoms with Crippen LogP contribution in [-0.2, 0) is 0 Å². The molecule has 0 rings (SSSR count). The van der Waals surface area contributed by atoms with E-state index in [2.05, 4.69) is 10.3 Å². The Balaban J connectivity index is 3.59. The van der Waals surface area contributed by atoms with Crippen LogP contribution in [0.5, 0.6) is 0 Å². The lowest BCUT2D eigenvalue weighted by Gasteiger charge is -2.25. The summed E-state index contributed by atoms with van der Waals surface area (Å²) in [6.45, 7) is 3.84. The van der Waals surface area contributed by atoms with Crippen LogP contribution in [0.2, 0.25) is 0 Å². The monoisotopic (exact) mass is 202 g/mol. The van der Waals surface area contributed by atoms with E-state index in [0.717, 1.165) is 19.4 Å². The summed E-state index contributed by atoms with van der Waals surface area (Å²) in [5.74, 6) is 0.124. The molecule has 9 N–H and O–H groups in total. The van der Waals surface area contributed by atoms with Gasteiger partial charge in [-0.3, -0.25) is 10.3 Å². The Labute approximate surface area is 85.1 Å². The molecule has 6 nitrogen and oxygen atoms in total. The van der Waals surface area contributed by atoms with Gasteiger partial charge in [0.15, 0.2) is 5.96 Å². The normalized spacial score (nSPS) is 14.8. The van der Waals surface area contributed by atoms with Crippen LogP contribution in [-0.4, -0.2) is 31.3 Å². The second-order valence-corrected chi connectivity index (χ2v) is 3.54. The first-order chi connectivity index (χ1) is 6.48. The molecular weight excluding hydrogens is 180 g/mol. The molecule has 0 saturated carbocycles. The fourth-order valence-corrected chi connectivity index (χ4v) is 1.10. The lowest BCUT2D eigenvalue weighted by Crippen LogP contribution is -2.52. The van der Waals surface area contributed by atoms with E-state index < -0.39 is 5.66 Å². The van der Waals surface area contributed by atoms with E-state index in [1.165, 1.54) is 0 Å². The Bertz CT molecular complexity index is 173. The molecule has 0 amide bonds. The summed E-state index contributed by atoms with van der Waals surface area (Å²) in [4.78, 5) is 3.87. The molecule has 0 saturated heterocycles. The first kappa shape index (κ1) is 13.2. The second-order valence-electron chi connectivity index (χ2n) is 3.54. The molecular formula is C8H22N6. The lowest BCUT2D eigenvalue weighted by atomic mass is 10.1. The molecule has 84 valence electrons. The summed E-state index contributed by atoms with van der Waals surface area (Å²) in [6.07, 6.45) is 1.66. The van der Waals surface area contributed by atoms with Crippen molar-refractivity contribution in [1.82, 2.24) is 5.32 Å². The van der Waals surface area contributed by atoms with Crippen LogP contribution in [0.1, 0.15) is 19.8 Å². The molecule has 0 fully saturated rings. The van der Waals surface area contributed by atoms with Gasteiger partial charge in [0, 0.05) is 19.6 Å². The van der Waals surface area contributed by atoms with E-state index in [-0.39, 0.29) is 5.96 Å². The van der Waals surface area contributed by atoms with Crippen molar-refractivity contribution in [3.05, 3.63) is 0 Å². The Hall–Kier alpha value is -0.850. The predicted octanol–water partition coefficient (Wildman–Crippen LogP) is -1.74. The smallest absolute Gasteiger partial charge is 0.185 e. The van der Waals surface area contributed by atoms with Crippen LogP contribution in [0.4, 0.5) is 0 Å². The Morgan fingerprint density at radius 1 is 1.43 bits per heavy atom. The minimum absolute atomic E-state index is 0.124. The van der Waals surface area contributed by atoms with Gasteiger partial charge in [0.25, 0.3) is 0 Å². The standard InChI is InChI=1S/C8H22N6/c1-8(12,14-6-4-9)3-2-5-13-7(10)11/h14H,2-6,9,12H2,1H3,(H4,10,11,13)/t8-/m0/s1. The topological polar surface area (TPSA) is 128 Å². The molecule has 0 spiro atoms. The highest BCUT2D eigenvalue weighted by atomic mass is 15.1. The lowest BCUT2D eigenvalue weighted by molar-refractivity contribution is 0.340. The van der Waals surface area contributed by atoms with Crippen molar-refractivity contribution in [1.29, 1.82) is 0 Å². The molecule has 14 heavy (non-hydrogen) atoms. The van der Waals surface area contributed by atoms with E-state index in [9.17, 15) is 0 Å². The molecule has 0 heterocycles. The van der Waals surface area contributed by atoms with E-state index >= 15 is 0 Å².